The van der Waals surface area contributed by atoms with E-state index in [1.807, 2.05) is 13.0 Å². The SMILES string of the molecule is Cc1cc(F)cc(C(N)CCC2CC2)c1. The number of aryl methyl sites for hydroxylation is 1. The summed E-state index contributed by atoms with van der Waals surface area (Å²) < 4.78 is 13.1. The normalized spacial score (nSPS) is 17.8. The molecule has 0 aliphatic heterocycles. The lowest BCUT2D eigenvalue weighted by Gasteiger charge is -2.12. The smallest absolute Gasteiger partial charge is 0.123 e. The van der Waals surface area contributed by atoms with E-state index < -0.39 is 0 Å². The first-order valence-electron chi connectivity index (χ1n) is 5.68. The van der Waals surface area contributed by atoms with Gasteiger partial charge >= 0.3 is 0 Å². The van der Waals surface area contributed by atoms with Crippen molar-refractivity contribution >= 4 is 0 Å². The summed E-state index contributed by atoms with van der Waals surface area (Å²) in [5, 5.41) is 0. The monoisotopic (exact) mass is 207 g/mol. The Labute approximate surface area is 90.5 Å². The van der Waals surface area contributed by atoms with Crippen LogP contribution in [-0.4, -0.2) is 0 Å². The molecule has 2 heteroatoms. The molecule has 1 aromatic carbocycles. The molecule has 0 radical (unpaired) electrons. The van der Waals surface area contributed by atoms with Crippen LogP contribution in [0.3, 0.4) is 0 Å². The van der Waals surface area contributed by atoms with Crippen molar-refractivity contribution in [3.63, 3.8) is 0 Å². The van der Waals surface area contributed by atoms with E-state index >= 15 is 0 Å². The average molecular weight is 207 g/mol. The van der Waals surface area contributed by atoms with Gasteiger partial charge in [0.1, 0.15) is 5.82 Å². The van der Waals surface area contributed by atoms with Crippen LogP contribution in [0.5, 0.6) is 0 Å². The van der Waals surface area contributed by atoms with E-state index in [1.54, 1.807) is 6.07 Å². The highest BCUT2D eigenvalue weighted by Gasteiger charge is 2.22. The Hall–Kier alpha value is -0.890. The van der Waals surface area contributed by atoms with Crippen molar-refractivity contribution in [2.45, 2.75) is 38.6 Å². The molecule has 1 atom stereocenters. The summed E-state index contributed by atoms with van der Waals surface area (Å²) >= 11 is 0. The molecule has 0 spiro atoms. The van der Waals surface area contributed by atoms with Gasteiger partial charge in [-0.3, -0.25) is 0 Å². The molecule has 1 aliphatic rings. The first kappa shape index (κ1) is 10.6. The maximum atomic E-state index is 13.1. The Morgan fingerprint density at radius 2 is 2.13 bits per heavy atom. The van der Waals surface area contributed by atoms with Gasteiger partial charge in [0.05, 0.1) is 0 Å². The van der Waals surface area contributed by atoms with Crippen molar-refractivity contribution < 1.29 is 4.39 Å². The van der Waals surface area contributed by atoms with E-state index in [4.69, 9.17) is 5.73 Å². The second-order valence-corrected chi connectivity index (χ2v) is 4.69. The standard InChI is InChI=1S/C13H18FN/c1-9-6-11(8-12(14)7-9)13(15)5-4-10-2-3-10/h6-8,10,13H,2-5,15H2,1H3. The molecule has 2 N–H and O–H groups in total. The van der Waals surface area contributed by atoms with Crippen LogP contribution >= 0.6 is 0 Å². The molecule has 1 fully saturated rings. The zero-order valence-corrected chi connectivity index (χ0v) is 9.17. The second kappa shape index (κ2) is 4.31. The van der Waals surface area contributed by atoms with Crippen LogP contribution in [-0.2, 0) is 0 Å². The Kier molecular flexibility index (Phi) is 3.06. The quantitative estimate of drug-likeness (QED) is 0.805. The van der Waals surface area contributed by atoms with Crippen LogP contribution in [0, 0.1) is 18.7 Å². The molecule has 1 saturated carbocycles. The minimum absolute atomic E-state index is 0.000000000000000222. The zero-order chi connectivity index (χ0) is 10.8. The highest BCUT2D eigenvalue weighted by atomic mass is 19.1. The summed E-state index contributed by atoms with van der Waals surface area (Å²) in [7, 11) is 0. The first-order valence-corrected chi connectivity index (χ1v) is 5.68. The van der Waals surface area contributed by atoms with Crippen molar-refractivity contribution in [2.75, 3.05) is 0 Å². The Morgan fingerprint density at radius 1 is 1.40 bits per heavy atom. The van der Waals surface area contributed by atoms with Crippen LogP contribution in [0.25, 0.3) is 0 Å². The number of benzene rings is 1. The van der Waals surface area contributed by atoms with E-state index in [1.165, 1.54) is 25.3 Å². The lowest BCUT2D eigenvalue weighted by molar-refractivity contribution is 0.567. The molecule has 1 unspecified atom stereocenters. The third kappa shape index (κ3) is 3.03. The second-order valence-electron chi connectivity index (χ2n) is 4.69. The topological polar surface area (TPSA) is 26.0 Å². The van der Waals surface area contributed by atoms with Gasteiger partial charge in [0.2, 0.25) is 0 Å². The van der Waals surface area contributed by atoms with Crippen LogP contribution < -0.4 is 5.73 Å². The van der Waals surface area contributed by atoms with Crippen LogP contribution in [0.15, 0.2) is 18.2 Å². The van der Waals surface area contributed by atoms with Crippen LogP contribution in [0.4, 0.5) is 4.39 Å². The van der Waals surface area contributed by atoms with Gasteiger partial charge in [0, 0.05) is 6.04 Å². The van der Waals surface area contributed by atoms with Gasteiger partial charge in [-0.1, -0.05) is 18.9 Å². The molecule has 0 amide bonds. The fraction of sp³-hybridized carbons (Fsp3) is 0.538. The first-order chi connectivity index (χ1) is 7.15. The predicted octanol–water partition coefficient (Wildman–Crippen LogP) is 3.32. The predicted molar refractivity (Wildman–Crippen MR) is 60.0 cm³/mol. The van der Waals surface area contributed by atoms with Gasteiger partial charge in [-0.2, -0.15) is 0 Å². The highest BCUT2D eigenvalue weighted by molar-refractivity contribution is 5.25. The van der Waals surface area contributed by atoms with Crippen molar-refractivity contribution in [1.82, 2.24) is 0 Å². The van der Waals surface area contributed by atoms with E-state index in [0.29, 0.717) is 0 Å². The Morgan fingerprint density at radius 3 is 2.73 bits per heavy atom. The number of halogens is 1. The van der Waals surface area contributed by atoms with Crippen molar-refractivity contribution in [2.24, 2.45) is 11.7 Å². The Balaban J connectivity index is 1.99. The third-order valence-electron chi connectivity index (χ3n) is 3.08. The fourth-order valence-corrected chi connectivity index (χ4v) is 1.97. The van der Waals surface area contributed by atoms with Gasteiger partial charge < -0.3 is 5.73 Å². The largest absolute Gasteiger partial charge is 0.324 e. The number of rotatable bonds is 4. The van der Waals surface area contributed by atoms with Gasteiger partial charge in [-0.25, -0.2) is 4.39 Å². The number of hydrogen-bond acceptors (Lipinski definition) is 1. The molecular formula is C13H18FN. The summed E-state index contributed by atoms with van der Waals surface area (Å²) in [4.78, 5) is 0. The molecule has 0 saturated heterocycles. The lowest BCUT2D eigenvalue weighted by Crippen LogP contribution is -2.11. The lowest BCUT2D eigenvalue weighted by atomic mass is 9.99. The van der Waals surface area contributed by atoms with E-state index in [2.05, 4.69) is 0 Å². The fourth-order valence-electron chi connectivity index (χ4n) is 1.97. The minimum atomic E-state index is -0.174. The number of nitrogens with two attached hydrogens (primary N) is 1. The minimum Gasteiger partial charge on any atom is -0.324 e. The Bertz CT molecular complexity index is 324. The molecule has 0 heterocycles. The molecular weight excluding hydrogens is 189 g/mol. The summed E-state index contributed by atoms with van der Waals surface area (Å²) in [6, 6.07) is 5.09. The molecule has 2 rings (SSSR count). The van der Waals surface area contributed by atoms with E-state index in [0.717, 1.165) is 23.5 Å². The van der Waals surface area contributed by atoms with Crippen molar-refractivity contribution in [3.8, 4) is 0 Å². The van der Waals surface area contributed by atoms with E-state index in [-0.39, 0.29) is 11.9 Å². The number of hydrogen-bond donors (Lipinski definition) is 1. The van der Waals surface area contributed by atoms with Gasteiger partial charge in [0.25, 0.3) is 0 Å². The summed E-state index contributed by atoms with van der Waals surface area (Å²) in [6.07, 6.45) is 4.88. The van der Waals surface area contributed by atoms with Gasteiger partial charge in [0.15, 0.2) is 0 Å². The zero-order valence-electron chi connectivity index (χ0n) is 9.17. The van der Waals surface area contributed by atoms with Crippen molar-refractivity contribution in [1.29, 1.82) is 0 Å². The molecule has 0 bridgehead atoms. The average Bonchev–Trinajstić information content (AvgIpc) is 2.96. The third-order valence-corrected chi connectivity index (χ3v) is 3.08. The van der Waals surface area contributed by atoms with Crippen LogP contribution in [0.2, 0.25) is 0 Å². The maximum Gasteiger partial charge on any atom is 0.123 e. The molecule has 1 nitrogen and oxygen atoms in total. The van der Waals surface area contributed by atoms with Crippen molar-refractivity contribution in [3.05, 3.63) is 35.1 Å². The maximum absolute atomic E-state index is 13.1. The molecule has 1 aromatic rings. The molecule has 82 valence electrons. The summed E-state index contributed by atoms with van der Waals surface area (Å²) in [6.45, 7) is 1.90. The van der Waals surface area contributed by atoms with Crippen LogP contribution in [0.1, 0.15) is 42.9 Å². The molecule has 15 heavy (non-hydrogen) atoms. The van der Waals surface area contributed by atoms with E-state index in [9.17, 15) is 4.39 Å². The summed E-state index contributed by atoms with van der Waals surface area (Å²) in [5.74, 6) is 0.720. The molecule has 0 aromatic heterocycles. The molecule has 1 aliphatic carbocycles. The highest BCUT2D eigenvalue weighted by Crippen LogP contribution is 2.35. The summed E-state index contributed by atoms with van der Waals surface area (Å²) in [5.41, 5.74) is 7.93. The van der Waals surface area contributed by atoms with Gasteiger partial charge in [-0.15, -0.1) is 0 Å². The van der Waals surface area contributed by atoms with Gasteiger partial charge in [-0.05, 0) is 48.9 Å².